The molecule has 0 fully saturated rings. The van der Waals surface area contributed by atoms with Crippen LogP contribution in [0.25, 0.3) is 0 Å². The SMILES string of the molecule is Cc1noc(C)c1CNCc1ccc(CO)cc1. The van der Waals surface area contributed by atoms with Gasteiger partial charge in [-0.1, -0.05) is 29.4 Å². The van der Waals surface area contributed by atoms with Gasteiger partial charge in [0.2, 0.25) is 0 Å². The first kappa shape index (κ1) is 12.8. The number of hydrogen-bond acceptors (Lipinski definition) is 4. The average Bonchev–Trinajstić information content (AvgIpc) is 2.71. The van der Waals surface area contributed by atoms with Gasteiger partial charge in [-0.15, -0.1) is 0 Å². The zero-order valence-electron chi connectivity index (χ0n) is 10.7. The molecule has 0 aliphatic rings. The Kier molecular flexibility index (Phi) is 4.12. The molecule has 0 aliphatic carbocycles. The lowest BCUT2D eigenvalue weighted by Gasteiger charge is -2.05. The third-order valence-electron chi connectivity index (χ3n) is 3.02. The van der Waals surface area contributed by atoms with E-state index in [9.17, 15) is 0 Å². The lowest BCUT2D eigenvalue weighted by molar-refractivity contribution is 0.282. The molecule has 0 aliphatic heterocycles. The summed E-state index contributed by atoms with van der Waals surface area (Å²) in [5.41, 5.74) is 4.20. The standard InChI is InChI=1S/C14H18N2O2/c1-10-14(11(2)18-16-10)8-15-7-12-3-5-13(9-17)6-4-12/h3-6,15,17H,7-9H2,1-2H3. The number of nitrogens with one attached hydrogen (secondary N) is 1. The molecule has 1 aromatic carbocycles. The third-order valence-corrected chi connectivity index (χ3v) is 3.02. The first-order valence-electron chi connectivity index (χ1n) is 6.02. The van der Waals surface area contributed by atoms with Gasteiger partial charge in [0.15, 0.2) is 0 Å². The minimum absolute atomic E-state index is 0.0901. The van der Waals surface area contributed by atoms with Gasteiger partial charge in [0.25, 0.3) is 0 Å². The van der Waals surface area contributed by atoms with Gasteiger partial charge in [0.1, 0.15) is 5.76 Å². The van der Waals surface area contributed by atoms with Crippen molar-refractivity contribution in [3.05, 3.63) is 52.4 Å². The van der Waals surface area contributed by atoms with Crippen LogP contribution in [0.5, 0.6) is 0 Å². The Bertz CT molecular complexity index is 484. The van der Waals surface area contributed by atoms with Crippen LogP contribution in [-0.2, 0) is 19.7 Å². The summed E-state index contributed by atoms with van der Waals surface area (Å²) in [5, 5.41) is 16.2. The molecular weight excluding hydrogens is 228 g/mol. The third kappa shape index (κ3) is 2.97. The highest BCUT2D eigenvalue weighted by atomic mass is 16.5. The van der Waals surface area contributed by atoms with E-state index in [2.05, 4.69) is 10.5 Å². The van der Waals surface area contributed by atoms with Crippen LogP contribution in [0.2, 0.25) is 0 Å². The van der Waals surface area contributed by atoms with E-state index in [0.29, 0.717) is 0 Å². The number of benzene rings is 1. The fourth-order valence-corrected chi connectivity index (χ4v) is 1.85. The summed E-state index contributed by atoms with van der Waals surface area (Å²) in [4.78, 5) is 0. The summed E-state index contributed by atoms with van der Waals surface area (Å²) in [6.07, 6.45) is 0. The molecule has 4 nitrogen and oxygen atoms in total. The average molecular weight is 246 g/mol. The minimum Gasteiger partial charge on any atom is -0.392 e. The molecule has 0 saturated heterocycles. The molecule has 2 N–H and O–H groups in total. The van der Waals surface area contributed by atoms with Crippen LogP contribution in [0.15, 0.2) is 28.8 Å². The highest BCUT2D eigenvalue weighted by molar-refractivity contribution is 5.23. The second-order valence-electron chi connectivity index (χ2n) is 4.38. The van der Waals surface area contributed by atoms with E-state index in [1.165, 1.54) is 5.56 Å². The highest BCUT2D eigenvalue weighted by Gasteiger charge is 2.07. The van der Waals surface area contributed by atoms with Crippen molar-refractivity contribution in [1.29, 1.82) is 0 Å². The summed E-state index contributed by atoms with van der Waals surface area (Å²) >= 11 is 0. The Hall–Kier alpha value is -1.65. The first-order valence-corrected chi connectivity index (χ1v) is 6.02. The number of aromatic nitrogens is 1. The van der Waals surface area contributed by atoms with Crippen molar-refractivity contribution < 1.29 is 9.63 Å². The Morgan fingerprint density at radius 3 is 2.33 bits per heavy atom. The Morgan fingerprint density at radius 1 is 1.11 bits per heavy atom. The molecule has 0 atom stereocenters. The van der Waals surface area contributed by atoms with Gasteiger partial charge in [-0.3, -0.25) is 0 Å². The van der Waals surface area contributed by atoms with E-state index < -0.39 is 0 Å². The van der Waals surface area contributed by atoms with Crippen LogP contribution in [0, 0.1) is 13.8 Å². The summed E-state index contributed by atoms with van der Waals surface area (Å²) in [5.74, 6) is 0.871. The molecule has 0 bridgehead atoms. The van der Waals surface area contributed by atoms with Crippen molar-refractivity contribution in [1.82, 2.24) is 10.5 Å². The van der Waals surface area contributed by atoms with E-state index in [1.54, 1.807) is 0 Å². The molecule has 0 spiro atoms. The summed E-state index contributed by atoms with van der Waals surface area (Å²) in [6.45, 7) is 5.50. The molecule has 1 aromatic heterocycles. The molecule has 0 amide bonds. The predicted octanol–water partition coefficient (Wildman–Crippen LogP) is 2.07. The smallest absolute Gasteiger partial charge is 0.138 e. The van der Waals surface area contributed by atoms with Gasteiger partial charge in [-0.05, 0) is 25.0 Å². The summed E-state index contributed by atoms with van der Waals surface area (Å²) in [7, 11) is 0. The number of aliphatic hydroxyl groups is 1. The number of nitrogens with zero attached hydrogens (tertiary/aromatic N) is 1. The van der Waals surface area contributed by atoms with Crippen LogP contribution in [-0.4, -0.2) is 10.3 Å². The van der Waals surface area contributed by atoms with Crippen molar-refractivity contribution in [3.8, 4) is 0 Å². The van der Waals surface area contributed by atoms with Crippen LogP contribution in [0.3, 0.4) is 0 Å². The number of aryl methyl sites for hydroxylation is 2. The first-order chi connectivity index (χ1) is 8.70. The summed E-state index contributed by atoms with van der Waals surface area (Å²) < 4.78 is 5.11. The molecule has 0 saturated carbocycles. The van der Waals surface area contributed by atoms with Gasteiger partial charge < -0.3 is 14.9 Å². The Balaban J connectivity index is 1.88. The maximum atomic E-state index is 8.96. The molecule has 2 aromatic rings. The fraction of sp³-hybridized carbons (Fsp3) is 0.357. The van der Waals surface area contributed by atoms with Gasteiger partial charge >= 0.3 is 0 Å². The summed E-state index contributed by atoms with van der Waals surface area (Å²) in [6, 6.07) is 7.91. The molecule has 0 radical (unpaired) electrons. The maximum absolute atomic E-state index is 8.96. The van der Waals surface area contributed by atoms with E-state index in [4.69, 9.17) is 9.63 Å². The predicted molar refractivity (Wildman–Crippen MR) is 68.9 cm³/mol. The monoisotopic (exact) mass is 246 g/mol. The van der Waals surface area contributed by atoms with Crippen LogP contribution in [0.4, 0.5) is 0 Å². The molecule has 0 unspecified atom stereocenters. The van der Waals surface area contributed by atoms with Crippen molar-refractivity contribution in [2.45, 2.75) is 33.5 Å². The molecule has 1 heterocycles. The lowest BCUT2D eigenvalue weighted by atomic mass is 10.1. The normalized spacial score (nSPS) is 10.8. The number of hydrogen-bond donors (Lipinski definition) is 2. The van der Waals surface area contributed by atoms with Gasteiger partial charge in [0, 0.05) is 18.7 Å². The highest BCUT2D eigenvalue weighted by Crippen LogP contribution is 2.12. The molecule has 2 rings (SSSR count). The van der Waals surface area contributed by atoms with E-state index in [-0.39, 0.29) is 6.61 Å². The quantitative estimate of drug-likeness (QED) is 0.848. The topological polar surface area (TPSA) is 58.3 Å². The largest absolute Gasteiger partial charge is 0.392 e. The van der Waals surface area contributed by atoms with Crippen molar-refractivity contribution >= 4 is 0 Å². The zero-order valence-corrected chi connectivity index (χ0v) is 10.7. The van der Waals surface area contributed by atoms with E-state index >= 15 is 0 Å². The van der Waals surface area contributed by atoms with Gasteiger partial charge in [-0.25, -0.2) is 0 Å². The maximum Gasteiger partial charge on any atom is 0.138 e. The molecule has 4 heteroatoms. The van der Waals surface area contributed by atoms with Gasteiger partial charge in [-0.2, -0.15) is 0 Å². The van der Waals surface area contributed by atoms with Gasteiger partial charge in [0.05, 0.1) is 12.3 Å². The fourth-order valence-electron chi connectivity index (χ4n) is 1.85. The molecule has 18 heavy (non-hydrogen) atoms. The second-order valence-corrected chi connectivity index (χ2v) is 4.38. The van der Waals surface area contributed by atoms with E-state index in [0.717, 1.165) is 35.7 Å². The second kappa shape index (κ2) is 5.80. The van der Waals surface area contributed by atoms with Crippen LogP contribution in [0.1, 0.15) is 28.1 Å². The minimum atomic E-state index is 0.0901. The van der Waals surface area contributed by atoms with Crippen molar-refractivity contribution in [3.63, 3.8) is 0 Å². The van der Waals surface area contributed by atoms with Crippen LogP contribution >= 0.6 is 0 Å². The van der Waals surface area contributed by atoms with Crippen LogP contribution < -0.4 is 5.32 Å². The van der Waals surface area contributed by atoms with Crippen molar-refractivity contribution in [2.24, 2.45) is 0 Å². The Labute approximate surface area is 107 Å². The molecular formula is C14H18N2O2. The lowest BCUT2D eigenvalue weighted by Crippen LogP contribution is -2.13. The zero-order chi connectivity index (χ0) is 13.0. The van der Waals surface area contributed by atoms with Crippen molar-refractivity contribution in [2.75, 3.05) is 0 Å². The Morgan fingerprint density at radius 2 is 1.78 bits per heavy atom. The van der Waals surface area contributed by atoms with E-state index in [1.807, 2.05) is 38.1 Å². The molecule has 96 valence electrons. The number of aliphatic hydroxyl groups excluding tert-OH is 1. The number of rotatable bonds is 5.